The first-order valence-corrected chi connectivity index (χ1v) is 9.28. The molecule has 2 N–H and O–H groups in total. The van der Waals surface area contributed by atoms with Gasteiger partial charge >= 0.3 is 12.3 Å². The number of anilines is 1. The number of likely N-dealkylation sites (tertiary alicyclic amines) is 1. The topological polar surface area (TPSA) is 72.1 Å². The van der Waals surface area contributed by atoms with Gasteiger partial charge in [0.1, 0.15) is 0 Å². The molecule has 3 aliphatic rings. The third-order valence-electron chi connectivity index (χ3n) is 5.07. The van der Waals surface area contributed by atoms with Gasteiger partial charge < -0.3 is 29.7 Å². The minimum absolute atomic E-state index is 0.0513. The summed E-state index contributed by atoms with van der Waals surface area (Å²) >= 11 is 0. The number of nitrogens with zero attached hydrogens (tertiary/aromatic N) is 1. The van der Waals surface area contributed by atoms with Crippen LogP contribution in [0.1, 0.15) is 25.7 Å². The number of ether oxygens (including phenoxy) is 3. The van der Waals surface area contributed by atoms with Crippen molar-refractivity contribution >= 4 is 11.7 Å². The van der Waals surface area contributed by atoms with E-state index in [9.17, 15) is 13.6 Å². The molecule has 2 saturated heterocycles. The summed E-state index contributed by atoms with van der Waals surface area (Å²) in [5.41, 5.74) is 0.364. The fourth-order valence-corrected chi connectivity index (χ4v) is 3.72. The molecule has 27 heavy (non-hydrogen) atoms. The highest BCUT2D eigenvalue weighted by Crippen LogP contribution is 2.42. The highest BCUT2D eigenvalue weighted by atomic mass is 19.3. The lowest BCUT2D eigenvalue weighted by molar-refractivity contribution is -0.286. The van der Waals surface area contributed by atoms with Gasteiger partial charge in [-0.3, -0.25) is 0 Å². The summed E-state index contributed by atoms with van der Waals surface area (Å²) in [7, 11) is 0. The van der Waals surface area contributed by atoms with Crippen LogP contribution >= 0.6 is 0 Å². The van der Waals surface area contributed by atoms with Crippen LogP contribution < -0.4 is 20.1 Å². The standard InChI is InChI=1S/C18H23F2N3O4/c19-18(20)26-15-4-3-13(10-16(15)27-18)22-17(24)21-12-5-7-23(8-6-12)11-14-2-1-9-25-14/h3-4,10,12,14H,1-2,5-9,11H2,(H2,21,22,24)/t14-/m0/s1. The number of alkyl halides is 2. The fourth-order valence-electron chi connectivity index (χ4n) is 3.72. The van der Waals surface area contributed by atoms with Crippen molar-refractivity contribution in [3.63, 3.8) is 0 Å². The van der Waals surface area contributed by atoms with E-state index in [0.29, 0.717) is 11.8 Å². The molecule has 1 atom stereocenters. The molecular weight excluding hydrogens is 360 g/mol. The van der Waals surface area contributed by atoms with Crippen molar-refractivity contribution in [3.8, 4) is 11.5 Å². The van der Waals surface area contributed by atoms with E-state index in [1.54, 1.807) is 0 Å². The molecule has 4 rings (SSSR count). The Morgan fingerprint density at radius 1 is 1.19 bits per heavy atom. The zero-order valence-electron chi connectivity index (χ0n) is 14.9. The van der Waals surface area contributed by atoms with Gasteiger partial charge in [-0.15, -0.1) is 8.78 Å². The molecule has 3 aliphatic heterocycles. The molecule has 1 aromatic rings. The van der Waals surface area contributed by atoms with Crippen LogP contribution in [0.3, 0.4) is 0 Å². The number of amides is 2. The number of hydrogen-bond donors (Lipinski definition) is 2. The normalized spacial score (nSPS) is 24.7. The Balaban J connectivity index is 1.22. The number of piperidine rings is 1. The Bertz CT molecular complexity index is 689. The van der Waals surface area contributed by atoms with Gasteiger partial charge in [-0.2, -0.15) is 0 Å². The lowest BCUT2D eigenvalue weighted by atomic mass is 10.0. The molecule has 0 aromatic heterocycles. The van der Waals surface area contributed by atoms with Crippen LogP contribution in [0.5, 0.6) is 11.5 Å². The molecule has 9 heteroatoms. The van der Waals surface area contributed by atoms with E-state index >= 15 is 0 Å². The SMILES string of the molecule is O=C(Nc1ccc2c(c1)OC(F)(F)O2)NC1CCN(C[C@@H]2CCCO2)CC1. The van der Waals surface area contributed by atoms with Gasteiger partial charge in [0, 0.05) is 44.0 Å². The maximum atomic E-state index is 13.0. The molecule has 2 fully saturated rings. The Hall–Kier alpha value is -2.13. The highest BCUT2D eigenvalue weighted by Gasteiger charge is 2.43. The number of halogens is 2. The van der Waals surface area contributed by atoms with Crippen molar-refractivity contribution in [1.29, 1.82) is 0 Å². The zero-order chi connectivity index (χ0) is 18.9. The molecule has 1 aromatic carbocycles. The summed E-state index contributed by atoms with van der Waals surface area (Å²) in [6, 6.07) is 3.88. The molecule has 2 amide bonds. The van der Waals surface area contributed by atoms with E-state index in [2.05, 4.69) is 25.0 Å². The molecular formula is C18H23F2N3O4. The van der Waals surface area contributed by atoms with Crippen LogP contribution in [0.2, 0.25) is 0 Å². The number of benzene rings is 1. The van der Waals surface area contributed by atoms with Crippen LogP contribution in [-0.4, -0.2) is 55.6 Å². The molecule has 0 saturated carbocycles. The second-order valence-electron chi connectivity index (χ2n) is 7.14. The lowest BCUT2D eigenvalue weighted by Crippen LogP contribution is -2.47. The first-order chi connectivity index (χ1) is 13.0. The largest absolute Gasteiger partial charge is 0.586 e. The van der Waals surface area contributed by atoms with Crippen LogP contribution in [0.15, 0.2) is 18.2 Å². The third kappa shape index (κ3) is 4.59. The number of urea groups is 1. The molecule has 0 aliphatic carbocycles. The van der Waals surface area contributed by atoms with Gasteiger partial charge in [0.2, 0.25) is 0 Å². The van der Waals surface area contributed by atoms with Crippen molar-refractivity contribution in [2.45, 2.75) is 44.1 Å². The molecule has 0 unspecified atom stereocenters. The predicted octanol–water partition coefficient (Wildman–Crippen LogP) is 2.77. The van der Waals surface area contributed by atoms with Crippen LogP contribution in [0, 0.1) is 0 Å². The van der Waals surface area contributed by atoms with Gasteiger partial charge in [0.25, 0.3) is 0 Å². The number of carbonyl (C=O) groups is 1. The lowest BCUT2D eigenvalue weighted by Gasteiger charge is -2.33. The Morgan fingerprint density at radius 2 is 1.96 bits per heavy atom. The maximum absolute atomic E-state index is 13.0. The van der Waals surface area contributed by atoms with Crippen LogP contribution in [-0.2, 0) is 4.74 Å². The summed E-state index contributed by atoms with van der Waals surface area (Å²) < 4.78 is 40.5. The van der Waals surface area contributed by atoms with Crippen LogP contribution in [0.25, 0.3) is 0 Å². The Kier molecular flexibility index (Phi) is 5.05. The maximum Gasteiger partial charge on any atom is 0.586 e. The molecule has 0 bridgehead atoms. The molecule has 0 spiro atoms. The van der Waals surface area contributed by atoms with E-state index in [0.717, 1.165) is 51.9 Å². The Labute approximate surface area is 155 Å². The molecule has 148 valence electrons. The average Bonchev–Trinajstić information content (AvgIpc) is 3.22. The second kappa shape index (κ2) is 7.47. The summed E-state index contributed by atoms with van der Waals surface area (Å²) in [5.74, 6) is -0.148. The summed E-state index contributed by atoms with van der Waals surface area (Å²) in [6.45, 7) is 3.66. The monoisotopic (exact) mass is 383 g/mol. The average molecular weight is 383 g/mol. The van der Waals surface area contributed by atoms with Crippen molar-refractivity contribution < 1.29 is 27.8 Å². The van der Waals surface area contributed by atoms with Crippen molar-refractivity contribution in [2.75, 3.05) is 31.6 Å². The van der Waals surface area contributed by atoms with Gasteiger partial charge in [0.15, 0.2) is 11.5 Å². The number of fused-ring (bicyclic) bond motifs is 1. The first kappa shape index (κ1) is 18.2. The van der Waals surface area contributed by atoms with E-state index in [1.807, 2.05) is 0 Å². The quantitative estimate of drug-likeness (QED) is 0.837. The minimum atomic E-state index is -3.67. The van der Waals surface area contributed by atoms with Gasteiger partial charge in [0.05, 0.1) is 6.10 Å². The molecule has 0 radical (unpaired) electrons. The Morgan fingerprint density at radius 3 is 2.70 bits per heavy atom. The van der Waals surface area contributed by atoms with E-state index < -0.39 is 6.29 Å². The van der Waals surface area contributed by atoms with Crippen molar-refractivity contribution in [1.82, 2.24) is 10.2 Å². The summed E-state index contributed by atoms with van der Waals surface area (Å²) in [5, 5.41) is 5.59. The second-order valence-corrected chi connectivity index (χ2v) is 7.14. The molecule has 3 heterocycles. The molecule has 7 nitrogen and oxygen atoms in total. The number of rotatable bonds is 4. The van der Waals surface area contributed by atoms with Gasteiger partial charge in [-0.05, 0) is 37.8 Å². The van der Waals surface area contributed by atoms with E-state index in [4.69, 9.17) is 4.74 Å². The van der Waals surface area contributed by atoms with E-state index in [-0.39, 0.29) is 23.6 Å². The van der Waals surface area contributed by atoms with Crippen molar-refractivity contribution in [2.24, 2.45) is 0 Å². The summed E-state index contributed by atoms with van der Waals surface area (Å²) in [4.78, 5) is 14.6. The summed E-state index contributed by atoms with van der Waals surface area (Å²) in [6.07, 6.45) is 0.681. The predicted molar refractivity (Wildman–Crippen MR) is 93.2 cm³/mol. The number of hydrogen-bond acceptors (Lipinski definition) is 5. The van der Waals surface area contributed by atoms with E-state index in [1.165, 1.54) is 18.2 Å². The zero-order valence-corrected chi connectivity index (χ0v) is 14.9. The highest BCUT2D eigenvalue weighted by molar-refractivity contribution is 5.89. The first-order valence-electron chi connectivity index (χ1n) is 9.28. The van der Waals surface area contributed by atoms with Crippen LogP contribution in [0.4, 0.5) is 19.3 Å². The third-order valence-corrected chi connectivity index (χ3v) is 5.07. The smallest absolute Gasteiger partial charge is 0.395 e. The van der Waals surface area contributed by atoms with Gasteiger partial charge in [-0.1, -0.05) is 0 Å². The van der Waals surface area contributed by atoms with Crippen molar-refractivity contribution in [3.05, 3.63) is 18.2 Å². The number of carbonyl (C=O) groups excluding carboxylic acids is 1. The minimum Gasteiger partial charge on any atom is -0.395 e. The fraction of sp³-hybridized carbons (Fsp3) is 0.611. The number of nitrogens with one attached hydrogen (secondary N) is 2. The van der Waals surface area contributed by atoms with Gasteiger partial charge in [-0.25, -0.2) is 4.79 Å².